The molecule has 0 aliphatic carbocycles. The number of carbonyl (C=O) groups is 2. The van der Waals surface area contributed by atoms with Gasteiger partial charge in [0.1, 0.15) is 0 Å². The number of nitrogens with zero attached hydrogens (tertiary/aromatic N) is 1. The number of aliphatic carboxylic acids is 1. The molecule has 0 atom stereocenters. The molecular formula is C27H25NO3. The standard InChI is InChI=1S/C27H25NO3/c1-4-6-25-23(5-2)24(18(3)29)17-26(28-25)22-14-12-21(13-15-22)20-10-7-19(8-11-20)9-16-27(30)31/h4-8,10-15,17H,2,9,16H2,1,3H3,(H,30,31)/b6-4-. The summed E-state index contributed by atoms with van der Waals surface area (Å²) < 4.78 is 0. The molecule has 0 radical (unpaired) electrons. The lowest BCUT2D eigenvalue weighted by atomic mass is 9.97. The number of ketones is 1. The highest BCUT2D eigenvalue weighted by atomic mass is 16.4. The summed E-state index contributed by atoms with van der Waals surface area (Å²) in [7, 11) is 0. The number of hydrogen-bond acceptors (Lipinski definition) is 3. The molecule has 0 aliphatic rings. The van der Waals surface area contributed by atoms with Crippen molar-refractivity contribution in [2.45, 2.75) is 26.7 Å². The highest BCUT2D eigenvalue weighted by molar-refractivity contribution is 5.99. The maximum absolute atomic E-state index is 12.2. The molecule has 4 heteroatoms. The van der Waals surface area contributed by atoms with E-state index in [1.807, 2.05) is 73.7 Å². The summed E-state index contributed by atoms with van der Waals surface area (Å²) in [6.45, 7) is 7.30. The van der Waals surface area contributed by atoms with Crippen LogP contribution in [0.4, 0.5) is 0 Å². The van der Waals surface area contributed by atoms with E-state index in [4.69, 9.17) is 10.1 Å². The summed E-state index contributed by atoms with van der Waals surface area (Å²) in [4.78, 5) is 27.6. The van der Waals surface area contributed by atoms with Gasteiger partial charge in [-0.15, -0.1) is 0 Å². The minimum atomic E-state index is -0.792. The van der Waals surface area contributed by atoms with Crippen molar-refractivity contribution in [2.75, 3.05) is 0 Å². The average Bonchev–Trinajstić information content (AvgIpc) is 2.78. The van der Waals surface area contributed by atoms with Gasteiger partial charge in [-0.1, -0.05) is 67.3 Å². The van der Waals surface area contributed by atoms with Crippen molar-refractivity contribution in [3.8, 4) is 22.4 Å². The largest absolute Gasteiger partial charge is 0.481 e. The van der Waals surface area contributed by atoms with Crippen molar-refractivity contribution in [3.63, 3.8) is 0 Å². The van der Waals surface area contributed by atoms with E-state index in [1.165, 1.54) is 0 Å². The second kappa shape index (κ2) is 9.81. The Labute approximate surface area is 182 Å². The van der Waals surface area contributed by atoms with Gasteiger partial charge in [-0.2, -0.15) is 0 Å². The maximum Gasteiger partial charge on any atom is 0.303 e. The Morgan fingerprint density at radius 1 is 1.00 bits per heavy atom. The van der Waals surface area contributed by atoms with Crippen LogP contribution >= 0.6 is 0 Å². The highest BCUT2D eigenvalue weighted by Gasteiger charge is 2.13. The van der Waals surface area contributed by atoms with E-state index in [2.05, 4.69) is 6.58 Å². The summed E-state index contributed by atoms with van der Waals surface area (Å²) in [5, 5.41) is 8.82. The molecular weight excluding hydrogens is 386 g/mol. The first kappa shape index (κ1) is 21.9. The van der Waals surface area contributed by atoms with Crippen LogP contribution in [0.5, 0.6) is 0 Å². The fourth-order valence-electron chi connectivity index (χ4n) is 3.46. The number of hydrogen-bond donors (Lipinski definition) is 1. The predicted octanol–water partition coefficient (Wildman–Crippen LogP) is 6.31. The van der Waals surface area contributed by atoms with Gasteiger partial charge in [0.25, 0.3) is 0 Å². The number of rotatable bonds is 8. The second-order valence-electron chi connectivity index (χ2n) is 7.28. The lowest BCUT2D eigenvalue weighted by molar-refractivity contribution is -0.136. The summed E-state index contributed by atoms with van der Waals surface area (Å²) in [6, 6.07) is 17.8. The molecule has 0 aliphatic heterocycles. The van der Waals surface area contributed by atoms with Gasteiger partial charge in [0.05, 0.1) is 11.4 Å². The van der Waals surface area contributed by atoms with Gasteiger partial charge in [-0.25, -0.2) is 4.98 Å². The van der Waals surface area contributed by atoms with Gasteiger partial charge in [0.15, 0.2) is 5.78 Å². The number of aryl methyl sites for hydroxylation is 1. The van der Waals surface area contributed by atoms with Crippen molar-refractivity contribution >= 4 is 23.9 Å². The summed E-state index contributed by atoms with van der Waals surface area (Å²) in [6.07, 6.45) is 6.10. The number of carboxylic acid groups (broad SMARTS) is 1. The van der Waals surface area contributed by atoms with E-state index in [1.54, 1.807) is 13.0 Å². The molecule has 0 spiro atoms. The Hall–Kier alpha value is -3.79. The van der Waals surface area contributed by atoms with Crippen molar-refractivity contribution in [3.05, 3.63) is 89.6 Å². The van der Waals surface area contributed by atoms with Gasteiger partial charge < -0.3 is 5.11 Å². The topological polar surface area (TPSA) is 67.3 Å². The maximum atomic E-state index is 12.2. The smallest absolute Gasteiger partial charge is 0.303 e. The summed E-state index contributed by atoms with van der Waals surface area (Å²) in [5.74, 6) is -0.816. The minimum Gasteiger partial charge on any atom is -0.481 e. The van der Waals surface area contributed by atoms with Crippen LogP contribution in [0.1, 0.15) is 47.4 Å². The number of carboxylic acids is 1. The van der Waals surface area contributed by atoms with Crippen LogP contribution in [-0.2, 0) is 11.2 Å². The fourth-order valence-corrected chi connectivity index (χ4v) is 3.46. The molecule has 0 amide bonds. The third kappa shape index (κ3) is 5.23. The van der Waals surface area contributed by atoms with E-state index in [0.717, 1.165) is 39.2 Å². The Bertz CT molecular complexity index is 1140. The third-order valence-electron chi connectivity index (χ3n) is 5.09. The first-order chi connectivity index (χ1) is 14.9. The van der Waals surface area contributed by atoms with Gasteiger partial charge in [-0.05, 0) is 49.1 Å². The zero-order valence-corrected chi connectivity index (χ0v) is 17.8. The van der Waals surface area contributed by atoms with Crippen LogP contribution in [0, 0.1) is 0 Å². The molecule has 3 rings (SSSR count). The Balaban J connectivity index is 1.91. The number of aromatic nitrogens is 1. The van der Waals surface area contributed by atoms with E-state index < -0.39 is 5.97 Å². The third-order valence-corrected chi connectivity index (χ3v) is 5.09. The number of pyridine rings is 1. The summed E-state index contributed by atoms with van der Waals surface area (Å²) in [5.41, 5.74) is 6.84. The van der Waals surface area contributed by atoms with Crippen molar-refractivity contribution in [2.24, 2.45) is 0 Å². The number of allylic oxidation sites excluding steroid dienone is 1. The normalized spacial score (nSPS) is 10.9. The predicted molar refractivity (Wildman–Crippen MR) is 126 cm³/mol. The average molecular weight is 412 g/mol. The zero-order valence-electron chi connectivity index (χ0n) is 17.8. The molecule has 0 unspecified atom stereocenters. The van der Waals surface area contributed by atoms with Crippen molar-refractivity contribution in [1.29, 1.82) is 0 Å². The Morgan fingerprint density at radius 2 is 1.58 bits per heavy atom. The number of Topliss-reactive ketones (excluding diaryl/α,β-unsaturated/α-hetero) is 1. The van der Waals surface area contributed by atoms with Crippen molar-refractivity contribution < 1.29 is 14.7 Å². The van der Waals surface area contributed by atoms with Crippen LogP contribution in [-0.4, -0.2) is 21.8 Å². The lowest BCUT2D eigenvalue weighted by Gasteiger charge is -2.11. The van der Waals surface area contributed by atoms with E-state index in [9.17, 15) is 9.59 Å². The van der Waals surface area contributed by atoms with Crippen molar-refractivity contribution in [1.82, 2.24) is 4.98 Å². The van der Waals surface area contributed by atoms with Gasteiger partial charge in [0.2, 0.25) is 0 Å². The van der Waals surface area contributed by atoms with E-state index in [0.29, 0.717) is 12.0 Å². The van der Waals surface area contributed by atoms with Gasteiger partial charge >= 0.3 is 5.97 Å². The fraction of sp³-hybridized carbons (Fsp3) is 0.148. The number of benzene rings is 2. The Morgan fingerprint density at radius 3 is 2.10 bits per heavy atom. The molecule has 1 aromatic heterocycles. The molecule has 2 aromatic carbocycles. The van der Waals surface area contributed by atoms with Gasteiger partial charge in [0, 0.05) is 23.1 Å². The number of carbonyl (C=O) groups excluding carboxylic acids is 1. The molecule has 0 saturated carbocycles. The van der Waals surface area contributed by atoms with Gasteiger partial charge in [-0.3, -0.25) is 9.59 Å². The van der Waals surface area contributed by atoms with E-state index in [-0.39, 0.29) is 12.2 Å². The molecule has 0 bridgehead atoms. The first-order valence-corrected chi connectivity index (χ1v) is 10.2. The monoisotopic (exact) mass is 411 g/mol. The molecule has 3 aromatic rings. The van der Waals surface area contributed by atoms with Crippen LogP contribution in [0.25, 0.3) is 34.5 Å². The molecule has 4 nitrogen and oxygen atoms in total. The summed E-state index contributed by atoms with van der Waals surface area (Å²) >= 11 is 0. The highest BCUT2D eigenvalue weighted by Crippen LogP contribution is 2.28. The Kier molecular flexibility index (Phi) is 6.93. The van der Waals surface area contributed by atoms with Crippen LogP contribution in [0.2, 0.25) is 0 Å². The molecule has 1 N–H and O–H groups in total. The quantitative estimate of drug-likeness (QED) is 0.441. The van der Waals surface area contributed by atoms with Crippen LogP contribution < -0.4 is 0 Å². The van der Waals surface area contributed by atoms with E-state index >= 15 is 0 Å². The lowest BCUT2D eigenvalue weighted by Crippen LogP contribution is -2.02. The molecule has 0 saturated heterocycles. The van der Waals surface area contributed by atoms with Crippen LogP contribution in [0.15, 0.2) is 67.3 Å². The first-order valence-electron chi connectivity index (χ1n) is 10.2. The van der Waals surface area contributed by atoms with Crippen LogP contribution in [0.3, 0.4) is 0 Å². The molecule has 1 heterocycles. The zero-order chi connectivity index (χ0) is 22.4. The molecule has 31 heavy (non-hydrogen) atoms. The second-order valence-corrected chi connectivity index (χ2v) is 7.28. The minimum absolute atomic E-state index is 0.0242. The SMILES string of the molecule is C=Cc1c(C(C)=O)cc(-c2ccc(-c3ccc(CCC(=O)O)cc3)cc2)nc1/C=C\C. The molecule has 156 valence electrons. The molecule has 0 fully saturated rings.